The molecule has 0 aliphatic carbocycles. The number of imide groups is 1. The predicted molar refractivity (Wildman–Crippen MR) is 126 cm³/mol. The molecule has 2 aliphatic rings. The van der Waals surface area contributed by atoms with Gasteiger partial charge in [-0.2, -0.15) is 0 Å². The third-order valence-corrected chi connectivity index (χ3v) is 6.23. The van der Waals surface area contributed by atoms with Gasteiger partial charge in [-0.15, -0.1) is 0 Å². The van der Waals surface area contributed by atoms with Gasteiger partial charge in [-0.25, -0.2) is 4.90 Å². The Balaban J connectivity index is 1.82. The van der Waals surface area contributed by atoms with Crippen LogP contribution in [0.1, 0.15) is 25.8 Å². The van der Waals surface area contributed by atoms with Gasteiger partial charge in [0, 0.05) is 37.9 Å². The number of amides is 2. The first-order chi connectivity index (χ1) is 14.8. The number of halogens is 1. The van der Waals surface area contributed by atoms with E-state index < -0.39 is 0 Å². The molecule has 0 spiro atoms. The van der Waals surface area contributed by atoms with E-state index >= 15 is 0 Å². The lowest BCUT2D eigenvalue weighted by Gasteiger charge is -2.37. The molecule has 4 rings (SSSR count). The zero-order valence-corrected chi connectivity index (χ0v) is 19.2. The second-order valence-corrected chi connectivity index (χ2v) is 9.38. The van der Waals surface area contributed by atoms with Crippen LogP contribution in [0.25, 0.3) is 5.57 Å². The maximum Gasteiger partial charge on any atom is 0.282 e. The van der Waals surface area contributed by atoms with Crippen LogP contribution in [-0.4, -0.2) is 43.9 Å². The summed E-state index contributed by atoms with van der Waals surface area (Å²) in [5.41, 5.74) is 3.19. The van der Waals surface area contributed by atoms with Gasteiger partial charge >= 0.3 is 0 Å². The lowest BCUT2D eigenvalue weighted by Crippen LogP contribution is -2.42. The van der Waals surface area contributed by atoms with Gasteiger partial charge < -0.3 is 9.80 Å². The Morgan fingerprint density at radius 2 is 1.58 bits per heavy atom. The molecule has 2 atom stereocenters. The molecule has 1 fully saturated rings. The summed E-state index contributed by atoms with van der Waals surface area (Å²) < 4.78 is 0. The first-order valence-corrected chi connectivity index (χ1v) is 11.1. The Bertz CT molecular complexity index is 1030. The summed E-state index contributed by atoms with van der Waals surface area (Å²) in [7, 11) is 3.87. The summed E-state index contributed by atoms with van der Waals surface area (Å²) >= 11 is 6.08. The molecule has 5 nitrogen and oxygen atoms in total. The normalized spacial score (nSPS) is 21.8. The van der Waals surface area contributed by atoms with E-state index in [4.69, 9.17) is 11.6 Å². The summed E-state index contributed by atoms with van der Waals surface area (Å²) in [6.45, 7) is 5.93. The topological polar surface area (TPSA) is 43.9 Å². The molecule has 2 aromatic rings. The van der Waals surface area contributed by atoms with Crippen LogP contribution in [-0.2, 0) is 9.59 Å². The minimum absolute atomic E-state index is 0.257. The van der Waals surface area contributed by atoms with Crippen molar-refractivity contribution in [3.05, 3.63) is 64.8 Å². The van der Waals surface area contributed by atoms with E-state index in [2.05, 4.69) is 18.7 Å². The quantitative estimate of drug-likeness (QED) is 0.652. The molecule has 0 bridgehead atoms. The Morgan fingerprint density at radius 1 is 0.935 bits per heavy atom. The molecule has 2 amide bonds. The SMILES string of the molecule is CC1CC(C)CN(C2=C(c3ccc(Cl)cc3)C(=O)N(c3cccc(N(C)C)c3)C2=O)C1. The van der Waals surface area contributed by atoms with E-state index in [0.717, 1.165) is 30.8 Å². The number of piperidine rings is 1. The fraction of sp³-hybridized carbons (Fsp3) is 0.360. The van der Waals surface area contributed by atoms with Crippen molar-refractivity contribution < 1.29 is 9.59 Å². The fourth-order valence-electron chi connectivity index (χ4n) is 4.68. The Hall–Kier alpha value is -2.79. The maximum atomic E-state index is 13.7. The lowest BCUT2D eigenvalue weighted by molar-refractivity contribution is -0.120. The molecule has 0 radical (unpaired) electrons. The van der Waals surface area contributed by atoms with Crippen molar-refractivity contribution in [2.75, 3.05) is 37.0 Å². The first-order valence-electron chi connectivity index (χ1n) is 10.7. The smallest absolute Gasteiger partial charge is 0.282 e. The molecule has 0 saturated carbocycles. The molecular weight excluding hydrogens is 410 g/mol. The number of nitrogens with zero attached hydrogens (tertiary/aromatic N) is 3. The molecule has 31 heavy (non-hydrogen) atoms. The molecular formula is C25H28ClN3O2. The van der Waals surface area contributed by atoms with E-state index in [0.29, 0.717) is 33.8 Å². The third-order valence-electron chi connectivity index (χ3n) is 5.98. The second-order valence-electron chi connectivity index (χ2n) is 8.94. The van der Waals surface area contributed by atoms with Gasteiger partial charge in [-0.3, -0.25) is 9.59 Å². The number of hydrogen-bond acceptors (Lipinski definition) is 4. The number of carbonyl (C=O) groups excluding carboxylic acids is 2. The van der Waals surface area contributed by atoms with Gasteiger partial charge in [0.05, 0.1) is 11.3 Å². The zero-order valence-electron chi connectivity index (χ0n) is 18.4. The van der Waals surface area contributed by atoms with Gasteiger partial charge in [-0.1, -0.05) is 43.6 Å². The average molecular weight is 438 g/mol. The number of benzene rings is 2. The highest BCUT2D eigenvalue weighted by molar-refractivity contribution is 6.45. The molecule has 2 aliphatic heterocycles. The first kappa shape index (κ1) is 21.4. The minimum Gasteiger partial charge on any atom is -0.378 e. The van der Waals surface area contributed by atoms with Gasteiger partial charge in [0.2, 0.25) is 0 Å². The number of likely N-dealkylation sites (tertiary alicyclic amines) is 1. The van der Waals surface area contributed by atoms with Crippen molar-refractivity contribution in [1.29, 1.82) is 0 Å². The zero-order chi connectivity index (χ0) is 22.3. The van der Waals surface area contributed by atoms with Gasteiger partial charge in [0.1, 0.15) is 5.70 Å². The summed E-state index contributed by atoms with van der Waals surface area (Å²) in [5, 5.41) is 0.596. The maximum absolute atomic E-state index is 13.7. The van der Waals surface area contributed by atoms with E-state index in [-0.39, 0.29) is 11.8 Å². The molecule has 0 N–H and O–H groups in total. The van der Waals surface area contributed by atoms with Crippen LogP contribution in [0.3, 0.4) is 0 Å². The van der Waals surface area contributed by atoms with Crippen molar-refractivity contribution in [1.82, 2.24) is 4.90 Å². The van der Waals surface area contributed by atoms with Crippen molar-refractivity contribution in [3.63, 3.8) is 0 Å². The van der Waals surface area contributed by atoms with Crippen molar-refractivity contribution in [2.45, 2.75) is 20.3 Å². The molecule has 2 aromatic carbocycles. The number of anilines is 2. The highest BCUT2D eigenvalue weighted by Gasteiger charge is 2.43. The molecule has 1 saturated heterocycles. The van der Waals surface area contributed by atoms with Crippen LogP contribution in [0.4, 0.5) is 11.4 Å². The summed E-state index contributed by atoms with van der Waals surface area (Å²) in [5.74, 6) is 0.366. The molecule has 162 valence electrons. The lowest BCUT2D eigenvalue weighted by atomic mass is 9.91. The van der Waals surface area contributed by atoms with E-state index in [1.165, 1.54) is 4.90 Å². The minimum atomic E-state index is -0.288. The monoisotopic (exact) mass is 437 g/mol. The third kappa shape index (κ3) is 4.07. The number of hydrogen-bond donors (Lipinski definition) is 0. The predicted octanol–water partition coefficient (Wildman–Crippen LogP) is 4.67. The molecule has 6 heteroatoms. The molecule has 2 unspecified atom stereocenters. The largest absolute Gasteiger partial charge is 0.378 e. The average Bonchev–Trinajstić information content (AvgIpc) is 2.98. The van der Waals surface area contributed by atoms with Crippen LogP contribution in [0, 0.1) is 11.8 Å². The summed E-state index contributed by atoms with van der Waals surface area (Å²) in [6.07, 6.45) is 1.12. The number of carbonyl (C=O) groups is 2. The Morgan fingerprint density at radius 3 is 2.19 bits per heavy atom. The van der Waals surface area contributed by atoms with Gasteiger partial charge in [0.15, 0.2) is 0 Å². The number of rotatable bonds is 4. The van der Waals surface area contributed by atoms with Crippen LogP contribution in [0.15, 0.2) is 54.2 Å². The van der Waals surface area contributed by atoms with E-state index in [9.17, 15) is 9.59 Å². The van der Waals surface area contributed by atoms with E-state index in [1.807, 2.05) is 55.4 Å². The van der Waals surface area contributed by atoms with Crippen LogP contribution in [0.5, 0.6) is 0 Å². The molecule has 0 aromatic heterocycles. The van der Waals surface area contributed by atoms with Crippen LogP contribution in [0.2, 0.25) is 5.02 Å². The van der Waals surface area contributed by atoms with E-state index in [1.54, 1.807) is 12.1 Å². The van der Waals surface area contributed by atoms with Crippen molar-refractivity contribution in [2.24, 2.45) is 11.8 Å². The van der Waals surface area contributed by atoms with Crippen LogP contribution >= 0.6 is 11.6 Å². The Kier molecular flexibility index (Phi) is 5.80. The fourth-order valence-corrected chi connectivity index (χ4v) is 4.80. The van der Waals surface area contributed by atoms with Crippen molar-refractivity contribution >= 4 is 40.4 Å². The highest BCUT2D eigenvalue weighted by atomic mass is 35.5. The highest BCUT2D eigenvalue weighted by Crippen LogP contribution is 2.38. The Labute approximate surface area is 188 Å². The van der Waals surface area contributed by atoms with Gasteiger partial charge in [0.25, 0.3) is 11.8 Å². The second kappa shape index (κ2) is 8.39. The van der Waals surface area contributed by atoms with Gasteiger partial charge in [-0.05, 0) is 54.2 Å². The van der Waals surface area contributed by atoms with Crippen molar-refractivity contribution in [3.8, 4) is 0 Å². The summed E-state index contributed by atoms with van der Waals surface area (Å²) in [4.78, 5) is 32.8. The standard InChI is InChI=1S/C25H28ClN3O2/c1-16-12-17(2)15-28(14-16)23-22(18-8-10-19(26)11-9-18)24(30)29(25(23)31)21-7-5-6-20(13-21)27(3)4/h5-11,13,16-17H,12,14-15H2,1-4H3. The molecule has 2 heterocycles. The summed E-state index contributed by atoms with van der Waals surface area (Å²) in [6, 6.07) is 14.7. The van der Waals surface area contributed by atoms with Crippen LogP contribution < -0.4 is 9.80 Å².